The van der Waals surface area contributed by atoms with Crippen LogP contribution in [0.15, 0.2) is 30.3 Å². The van der Waals surface area contributed by atoms with Gasteiger partial charge in [0.15, 0.2) is 0 Å². The maximum atomic E-state index is 4.77. The van der Waals surface area contributed by atoms with E-state index in [1.165, 1.54) is 11.4 Å². The number of hydrogen-bond acceptors (Lipinski definition) is 1. The van der Waals surface area contributed by atoms with Crippen molar-refractivity contribution in [1.29, 1.82) is 0 Å². The van der Waals surface area contributed by atoms with Gasteiger partial charge in [-0.2, -0.15) is 0 Å². The molecule has 0 atom stereocenters. The molecule has 2 rings (SSSR count). The Hall–Kier alpha value is -1.57. The molecule has 2 nitrogen and oxygen atoms in total. The van der Waals surface area contributed by atoms with Crippen LogP contribution in [0.3, 0.4) is 0 Å². The third-order valence-corrected chi connectivity index (χ3v) is 3.00. The molecule has 0 amide bonds. The van der Waals surface area contributed by atoms with E-state index >= 15 is 0 Å². The Balaban J connectivity index is 2.55. The maximum Gasteiger partial charge on any atom is 0.137 e. The summed E-state index contributed by atoms with van der Waals surface area (Å²) < 4.78 is 2.19. The zero-order valence-corrected chi connectivity index (χ0v) is 11.3. The normalized spacial score (nSPS) is 11.8. The first kappa shape index (κ1) is 11.9. The molecule has 0 fully saturated rings. The SMILES string of the molecule is Cc1ccc(C)n1-c1cccc(C(C)(C)C)n1. The van der Waals surface area contributed by atoms with Gasteiger partial charge in [0.25, 0.3) is 0 Å². The average molecular weight is 228 g/mol. The Kier molecular flexibility index (Phi) is 2.82. The Morgan fingerprint density at radius 2 is 1.53 bits per heavy atom. The van der Waals surface area contributed by atoms with Gasteiger partial charge >= 0.3 is 0 Å². The van der Waals surface area contributed by atoms with E-state index in [1.54, 1.807) is 0 Å². The fraction of sp³-hybridized carbons (Fsp3) is 0.400. The second-order valence-electron chi connectivity index (χ2n) is 5.58. The van der Waals surface area contributed by atoms with Crippen LogP contribution in [0, 0.1) is 13.8 Å². The Morgan fingerprint density at radius 1 is 0.941 bits per heavy atom. The van der Waals surface area contributed by atoms with Gasteiger partial charge in [0, 0.05) is 22.5 Å². The summed E-state index contributed by atoms with van der Waals surface area (Å²) in [7, 11) is 0. The van der Waals surface area contributed by atoms with Crippen LogP contribution in [0.4, 0.5) is 0 Å². The summed E-state index contributed by atoms with van der Waals surface area (Å²) >= 11 is 0. The van der Waals surface area contributed by atoms with Crippen molar-refractivity contribution < 1.29 is 0 Å². The maximum absolute atomic E-state index is 4.77. The highest BCUT2D eigenvalue weighted by atomic mass is 15.1. The van der Waals surface area contributed by atoms with E-state index < -0.39 is 0 Å². The van der Waals surface area contributed by atoms with E-state index in [1.807, 2.05) is 0 Å². The molecule has 90 valence electrons. The molecule has 2 aromatic rings. The van der Waals surface area contributed by atoms with Gasteiger partial charge in [-0.05, 0) is 38.1 Å². The fourth-order valence-corrected chi connectivity index (χ4v) is 2.00. The fourth-order valence-electron chi connectivity index (χ4n) is 2.00. The second kappa shape index (κ2) is 4.02. The molecule has 0 aliphatic carbocycles. The number of nitrogens with zero attached hydrogens (tertiary/aromatic N) is 2. The molecule has 2 heterocycles. The van der Waals surface area contributed by atoms with Crippen LogP contribution < -0.4 is 0 Å². The Morgan fingerprint density at radius 3 is 2.06 bits per heavy atom. The van der Waals surface area contributed by atoms with Crippen molar-refractivity contribution in [3.63, 3.8) is 0 Å². The summed E-state index contributed by atoms with van der Waals surface area (Å²) in [6.45, 7) is 10.8. The minimum atomic E-state index is 0.0883. The molecule has 0 unspecified atom stereocenters. The smallest absolute Gasteiger partial charge is 0.137 e. The van der Waals surface area contributed by atoms with E-state index in [2.05, 4.69) is 69.5 Å². The van der Waals surface area contributed by atoms with Crippen LogP contribution in [0.2, 0.25) is 0 Å². The first-order valence-electron chi connectivity index (χ1n) is 6.02. The minimum absolute atomic E-state index is 0.0883. The summed E-state index contributed by atoms with van der Waals surface area (Å²) in [5.41, 5.74) is 3.66. The predicted octanol–water partition coefficient (Wildman–Crippen LogP) is 3.79. The van der Waals surface area contributed by atoms with Crippen molar-refractivity contribution in [3.05, 3.63) is 47.4 Å². The van der Waals surface area contributed by atoms with Crippen LogP contribution >= 0.6 is 0 Å². The first-order chi connectivity index (χ1) is 7.89. The summed E-state index contributed by atoms with van der Waals surface area (Å²) in [6.07, 6.45) is 0. The van der Waals surface area contributed by atoms with E-state index in [9.17, 15) is 0 Å². The van der Waals surface area contributed by atoms with Crippen LogP contribution in [-0.2, 0) is 5.41 Å². The number of rotatable bonds is 1. The standard InChI is InChI=1S/C15H20N2/c1-11-9-10-12(2)17(11)14-8-6-7-13(16-14)15(3,4)5/h6-10H,1-5H3. The highest BCUT2D eigenvalue weighted by molar-refractivity contribution is 5.33. The van der Waals surface area contributed by atoms with Crippen molar-refractivity contribution in [3.8, 4) is 5.82 Å². The molecule has 2 aromatic heterocycles. The zero-order valence-electron chi connectivity index (χ0n) is 11.3. The minimum Gasteiger partial charge on any atom is -0.303 e. The van der Waals surface area contributed by atoms with Gasteiger partial charge in [0.2, 0.25) is 0 Å². The van der Waals surface area contributed by atoms with Crippen LogP contribution in [0.25, 0.3) is 5.82 Å². The highest BCUT2D eigenvalue weighted by Gasteiger charge is 2.16. The van der Waals surface area contributed by atoms with Gasteiger partial charge < -0.3 is 4.57 Å². The molecular formula is C15H20N2. The lowest BCUT2D eigenvalue weighted by atomic mass is 9.92. The van der Waals surface area contributed by atoms with E-state index in [4.69, 9.17) is 4.98 Å². The molecule has 0 aliphatic rings. The van der Waals surface area contributed by atoms with Gasteiger partial charge in [-0.15, -0.1) is 0 Å². The number of aromatic nitrogens is 2. The Labute approximate surface area is 103 Å². The summed E-state index contributed by atoms with van der Waals surface area (Å²) in [4.78, 5) is 4.77. The predicted molar refractivity (Wildman–Crippen MR) is 71.7 cm³/mol. The van der Waals surface area contributed by atoms with Gasteiger partial charge in [-0.1, -0.05) is 26.8 Å². The van der Waals surface area contributed by atoms with Gasteiger partial charge in [0.1, 0.15) is 5.82 Å². The largest absolute Gasteiger partial charge is 0.303 e. The molecule has 0 aliphatic heterocycles. The number of pyridine rings is 1. The molecule has 0 saturated carbocycles. The first-order valence-corrected chi connectivity index (χ1v) is 6.02. The van der Waals surface area contributed by atoms with Crippen LogP contribution in [-0.4, -0.2) is 9.55 Å². The molecule has 0 radical (unpaired) electrons. The van der Waals surface area contributed by atoms with Gasteiger partial charge in [-0.3, -0.25) is 0 Å². The monoisotopic (exact) mass is 228 g/mol. The lowest BCUT2D eigenvalue weighted by Crippen LogP contribution is -2.15. The van der Waals surface area contributed by atoms with Crippen molar-refractivity contribution in [2.75, 3.05) is 0 Å². The third-order valence-electron chi connectivity index (χ3n) is 3.00. The molecule has 0 bridgehead atoms. The molecule has 17 heavy (non-hydrogen) atoms. The van der Waals surface area contributed by atoms with Gasteiger partial charge in [-0.25, -0.2) is 4.98 Å². The van der Waals surface area contributed by atoms with Crippen molar-refractivity contribution >= 4 is 0 Å². The van der Waals surface area contributed by atoms with Crippen molar-refractivity contribution in [1.82, 2.24) is 9.55 Å². The lowest BCUT2D eigenvalue weighted by molar-refractivity contribution is 0.567. The molecule has 0 saturated heterocycles. The molecule has 0 aromatic carbocycles. The third kappa shape index (κ3) is 2.26. The molecular weight excluding hydrogens is 208 g/mol. The molecule has 2 heteroatoms. The Bertz CT molecular complexity index is 511. The number of aryl methyl sites for hydroxylation is 2. The van der Waals surface area contributed by atoms with Crippen LogP contribution in [0.1, 0.15) is 37.9 Å². The zero-order chi connectivity index (χ0) is 12.6. The van der Waals surface area contributed by atoms with E-state index in [-0.39, 0.29) is 5.41 Å². The summed E-state index contributed by atoms with van der Waals surface area (Å²) in [5, 5.41) is 0. The van der Waals surface area contributed by atoms with Crippen LogP contribution in [0.5, 0.6) is 0 Å². The van der Waals surface area contributed by atoms with E-state index in [0.717, 1.165) is 11.5 Å². The second-order valence-corrected chi connectivity index (χ2v) is 5.58. The summed E-state index contributed by atoms with van der Waals surface area (Å²) in [5.74, 6) is 1.01. The molecule has 0 N–H and O–H groups in total. The lowest BCUT2D eigenvalue weighted by Gasteiger charge is -2.19. The number of hydrogen-bond donors (Lipinski definition) is 0. The molecule has 0 spiro atoms. The topological polar surface area (TPSA) is 17.8 Å². The van der Waals surface area contributed by atoms with E-state index in [0.29, 0.717) is 0 Å². The average Bonchev–Trinajstić information content (AvgIpc) is 2.57. The van der Waals surface area contributed by atoms with Crippen molar-refractivity contribution in [2.24, 2.45) is 0 Å². The quantitative estimate of drug-likeness (QED) is 0.726. The highest BCUT2D eigenvalue weighted by Crippen LogP contribution is 2.22. The van der Waals surface area contributed by atoms with Crippen molar-refractivity contribution in [2.45, 2.75) is 40.0 Å². The van der Waals surface area contributed by atoms with Gasteiger partial charge in [0.05, 0.1) is 0 Å². The summed E-state index contributed by atoms with van der Waals surface area (Å²) in [6, 6.07) is 10.5.